The van der Waals surface area contributed by atoms with Crippen molar-refractivity contribution in [1.29, 1.82) is 0 Å². The Bertz CT molecular complexity index is 231. The third-order valence-corrected chi connectivity index (χ3v) is 3.30. The molecule has 3 nitrogen and oxygen atoms in total. The molecule has 0 bridgehead atoms. The molecule has 14 heavy (non-hydrogen) atoms. The van der Waals surface area contributed by atoms with Crippen LogP contribution >= 0.6 is 11.8 Å². The van der Waals surface area contributed by atoms with Gasteiger partial charge in [0.15, 0.2) is 0 Å². The molecule has 0 spiro atoms. The number of amides is 1. The summed E-state index contributed by atoms with van der Waals surface area (Å²) in [5, 5.41) is 3.33. The SMILES string of the molecule is C#CCN(C)C(=O)CC1CSCCN1. The predicted molar refractivity (Wildman–Crippen MR) is 60.2 cm³/mol. The number of carbonyl (C=O) groups excluding carboxylic acids is 1. The summed E-state index contributed by atoms with van der Waals surface area (Å²) in [6.45, 7) is 1.40. The number of carbonyl (C=O) groups is 1. The lowest BCUT2D eigenvalue weighted by Gasteiger charge is -2.24. The number of hydrogen-bond acceptors (Lipinski definition) is 3. The van der Waals surface area contributed by atoms with Crippen LogP contribution in [0.2, 0.25) is 0 Å². The summed E-state index contributed by atoms with van der Waals surface area (Å²) in [7, 11) is 1.75. The molecule has 1 aliphatic rings. The van der Waals surface area contributed by atoms with E-state index < -0.39 is 0 Å². The van der Waals surface area contributed by atoms with E-state index >= 15 is 0 Å². The quantitative estimate of drug-likeness (QED) is 0.677. The van der Waals surface area contributed by atoms with Crippen LogP contribution in [0.4, 0.5) is 0 Å². The fraction of sp³-hybridized carbons (Fsp3) is 0.700. The van der Waals surface area contributed by atoms with Crippen LogP contribution in [0.25, 0.3) is 0 Å². The van der Waals surface area contributed by atoms with Crippen molar-refractivity contribution in [2.24, 2.45) is 0 Å². The first-order chi connectivity index (χ1) is 6.74. The number of hydrogen-bond donors (Lipinski definition) is 1. The molecule has 1 atom stereocenters. The molecular weight excluding hydrogens is 196 g/mol. The molecule has 1 heterocycles. The second-order valence-electron chi connectivity index (χ2n) is 3.38. The number of terminal acetylenes is 1. The normalized spacial score (nSPS) is 21.3. The van der Waals surface area contributed by atoms with Crippen molar-refractivity contribution in [3.63, 3.8) is 0 Å². The van der Waals surface area contributed by atoms with Gasteiger partial charge in [-0.1, -0.05) is 5.92 Å². The van der Waals surface area contributed by atoms with Gasteiger partial charge in [0.1, 0.15) is 0 Å². The standard InChI is InChI=1S/C10H16N2OS/c1-3-5-12(2)10(13)7-9-8-14-6-4-11-9/h1,9,11H,4-8H2,2H3. The van der Waals surface area contributed by atoms with Crippen LogP contribution < -0.4 is 5.32 Å². The smallest absolute Gasteiger partial charge is 0.224 e. The largest absolute Gasteiger partial charge is 0.335 e. The third-order valence-electron chi connectivity index (χ3n) is 2.17. The van der Waals surface area contributed by atoms with E-state index in [1.807, 2.05) is 11.8 Å². The van der Waals surface area contributed by atoms with E-state index in [1.165, 1.54) is 0 Å². The van der Waals surface area contributed by atoms with E-state index in [4.69, 9.17) is 6.42 Å². The van der Waals surface area contributed by atoms with Gasteiger partial charge in [-0.05, 0) is 0 Å². The minimum atomic E-state index is 0.128. The van der Waals surface area contributed by atoms with E-state index in [0.29, 0.717) is 19.0 Å². The highest BCUT2D eigenvalue weighted by Gasteiger charge is 2.18. The zero-order valence-electron chi connectivity index (χ0n) is 8.45. The highest BCUT2D eigenvalue weighted by molar-refractivity contribution is 7.99. The molecule has 78 valence electrons. The van der Waals surface area contributed by atoms with E-state index in [0.717, 1.165) is 18.1 Å². The summed E-state index contributed by atoms with van der Waals surface area (Å²) < 4.78 is 0. The second-order valence-corrected chi connectivity index (χ2v) is 4.53. The average molecular weight is 212 g/mol. The van der Waals surface area contributed by atoms with Crippen LogP contribution in [0.5, 0.6) is 0 Å². The predicted octanol–water partition coefficient (Wildman–Crippen LogP) is 0.173. The minimum absolute atomic E-state index is 0.128. The maximum absolute atomic E-state index is 11.6. The van der Waals surface area contributed by atoms with Gasteiger partial charge in [0.05, 0.1) is 6.54 Å². The Kier molecular flexibility index (Phi) is 4.85. The van der Waals surface area contributed by atoms with Gasteiger partial charge in [0.25, 0.3) is 0 Å². The molecular formula is C10H16N2OS. The van der Waals surface area contributed by atoms with Crippen LogP contribution in [-0.2, 0) is 4.79 Å². The minimum Gasteiger partial charge on any atom is -0.335 e. The van der Waals surface area contributed by atoms with Gasteiger partial charge >= 0.3 is 0 Å². The molecule has 0 aromatic carbocycles. The lowest BCUT2D eigenvalue weighted by atomic mass is 10.2. The molecule has 1 amide bonds. The highest BCUT2D eigenvalue weighted by atomic mass is 32.2. The molecule has 0 aromatic rings. The molecule has 1 N–H and O–H groups in total. The molecule has 1 rings (SSSR count). The first-order valence-electron chi connectivity index (χ1n) is 4.72. The van der Waals surface area contributed by atoms with Crippen molar-refractivity contribution < 1.29 is 4.79 Å². The van der Waals surface area contributed by atoms with Crippen molar-refractivity contribution in [3.8, 4) is 12.3 Å². The molecule has 1 saturated heterocycles. The van der Waals surface area contributed by atoms with Crippen LogP contribution in [-0.4, -0.2) is 48.5 Å². The highest BCUT2D eigenvalue weighted by Crippen LogP contribution is 2.10. The van der Waals surface area contributed by atoms with Gasteiger partial charge < -0.3 is 10.2 Å². The molecule has 1 aliphatic heterocycles. The monoisotopic (exact) mass is 212 g/mol. The summed E-state index contributed by atoms with van der Waals surface area (Å²) >= 11 is 1.90. The van der Waals surface area contributed by atoms with Gasteiger partial charge in [0, 0.05) is 37.6 Å². The molecule has 0 saturated carbocycles. The summed E-state index contributed by atoms with van der Waals surface area (Å²) in [6.07, 6.45) is 5.70. The number of nitrogens with zero attached hydrogens (tertiary/aromatic N) is 1. The fourth-order valence-corrected chi connectivity index (χ4v) is 2.29. The molecule has 0 aromatic heterocycles. The Morgan fingerprint density at radius 3 is 3.14 bits per heavy atom. The van der Waals surface area contributed by atoms with E-state index in [-0.39, 0.29) is 5.91 Å². The van der Waals surface area contributed by atoms with Crippen LogP contribution in [0, 0.1) is 12.3 Å². The Morgan fingerprint density at radius 2 is 2.57 bits per heavy atom. The van der Waals surface area contributed by atoms with E-state index in [9.17, 15) is 4.79 Å². The summed E-state index contributed by atoms with van der Waals surface area (Å²) in [5.74, 6) is 4.76. The van der Waals surface area contributed by atoms with Gasteiger partial charge in [0.2, 0.25) is 5.91 Å². The van der Waals surface area contributed by atoms with Crippen molar-refractivity contribution in [1.82, 2.24) is 10.2 Å². The maximum atomic E-state index is 11.6. The third kappa shape index (κ3) is 3.60. The zero-order valence-corrected chi connectivity index (χ0v) is 9.27. The lowest BCUT2D eigenvalue weighted by Crippen LogP contribution is -2.41. The molecule has 4 heteroatoms. The molecule has 1 unspecified atom stereocenters. The topological polar surface area (TPSA) is 32.3 Å². The van der Waals surface area contributed by atoms with Gasteiger partial charge in [-0.25, -0.2) is 0 Å². The second kappa shape index (κ2) is 5.94. The molecule has 0 radical (unpaired) electrons. The average Bonchev–Trinajstić information content (AvgIpc) is 2.19. The Balaban J connectivity index is 2.28. The number of thioether (sulfide) groups is 1. The number of nitrogens with one attached hydrogen (secondary N) is 1. The Morgan fingerprint density at radius 1 is 1.79 bits per heavy atom. The fourth-order valence-electron chi connectivity index (χ4n) is 1.34. The van der Waals surface area contributed by atoms with E-state index in [1.54, 1.807) is 11.9 Å². The van der Waals surface area contributed by atoms with E-state index in [2.05, 4.69) is 11.2 Å². The van der Waals surface area contributed by atoms with Crippen molar-refractivity contribution >= 4 is 17.7 Å². The first-order valence-corrected chi connectivity index (χ1v) is 5.88. The van der Waals surface area contributed by atoms with Crippen LogP contribution in [0.15, 0.2) is 0 Å². The lowest BCUT2D eigenvalue weighted by molar-refractivity contribution is -0.129. The Hall–Kier alpha value is -0.660. The van der Waals surface area contributed by atoms with Gasteiger partial charge in [-0.2, -0.15) is 11.8 Å². The van der Waals surface area contributed by atoms with Gasteiger partial charge in [-0.3, -0.25) is 4.79 Å². The molecule has 0 aliphatic carbocycles. The summed E-state index contributed by atoms with van der Waals surface area (Å²) in [5.41, 5.74) is 0. The maximum Gasteiger partial charge on any atom is 0.224 e. The first kappa shape index (κ1) is 11.4. The van der Waals surface area contributed by atoms with Crippen LogP contribution in [0.1, 0.15) is 6.42 Å². The summed E-state index contributed by atoms with van der Waals surface area (Å²) in [4.78, 5) is 13.2. The van der Waals surface area contributed by atoms with Gasteiger partial charge in [-0.15, -0.1) is 6.42 Å². The summed E-state index contributed by atoms with van der Waals surface area (Å²) in [6, 6.07) is 0.321. The zero-order chi connectivity index (χ0) is 10.4. The van der Waals surface area contributed by atoms with Crippen molar-refractivity contribution in [2.75, 3.05) is 31.6 Å². The van der Waals surface area contributed by atoms with Crippen LogP contribution in [0.3, 0.4) is 0 Å². The molecule has 1 fully saturated rings. The van der Waals surface area contributed by atoms with Crippen molar-refractivity contribution in [3.05, 3.63) is 0 Å². The Labute approximate surface area is 89.6 Å². The van der Waals surface area contributed by atoms with Crippen molar-refractivity contribution in [2.45, 2.75) is 12.5 Å². The number of rotatable bonds is 3.